The third-order valence-corrected chi connectivity index (χ3v) is 3.62. The highest BCUT2D eigenvalue weighted by atomic mass is 16.4. The summed E-state index contributed by atoms with van der Waals surface area (Å²) in [6, 6.07) is 7.81. The standard InChI is InChI=1S/C15H20N2O3/c18-13(10-11-6-8-16-9-7-11)17-14(15(19)20)12-4-2-1-3-5-12/h1-5,11,14,16H,6-10H2,(H,17,18)(H,19,20). The molecule has 1 aliphatic rings. The molecule has 1 amide bonds. The van der Waals surface area contributed by atoms with Gasteiger partial charge in [-0.15, -0.1) is 0 Å². The van der Waals surface area contributed by atoms with Crippen LogP contribution < -0.4 is 10.6 Å². The fraction of sp³-hybridized carbons (Fsp3) is 0.467. The maximum Gasteiger partial charge on any atom is 0.330 e. The van der Waals surface area contributed by atoms with Crippen LogP contribution in [0.2, 0.25) is 0 Å². The van der Waals surface area contributed by atoms with Crippen molar-refractivity contribution in [3.63, 3.8) is 0 Å². The fourth-order valence-corrected chi connectivity index (χ4v) is 2.50. The highest BCUT2D eigenvalue weighted by Crippen LogP contribution is 2.18. The molecule has 0 bridgehead atoms. The summed E-state index contributed by atoms with van der Waals surface area (Å²) < 4.78 is 0. The Morgan fingerprint density at radius 1 is 1.25 bits per heavy atom. The minimum Gasteiger partial charge on any atom is -0.479 e. The van der Waals surface area contributed by atoms with E-state index in [1.54, 1.807) is 24.3 Å². The van der Waals surface area contributed by atoms with Crippen LogP contribution in [0.25, 0.3) is 0 Å². The molecule has 0 saturated carbocycles. The van der Waals surface area contributed by atoms with Crippen molar-refractivity contribution in [1.82, 2.24) is 10.6 Å². The molecule has 108 valence electrons. The lowest BCUT2D eigenvalue weighted by atomic mass is 9.94. The van der Waals surface area contributed by atoms with Gasteiger partial charge in [-0.05, 0) is 37.4 Å². The number of hydrogen-bond acceptors (Lipinski definition) is 3. The molecule has 2 rings (SSSR count). The Hall–Kier alpha value is -1.88. The van der Waals surface area contributed by atoms with E-state index >= 15 is 0 Å². The minimum atomic E-state index is -1.03. The van der Waals surface area contributed by atoms with Crippen LogP contribution in [0, 0.1) is 5.92 Å². The molecule has 1 fully saturated rings. The van der Waals surface area contributed by atoms with Crippen molar-refractivity contribution in [2.75, 3.05) is 13.1 Å². The second-order valence-corrected chi connectivity index (χ2v) is 5.15. The van der Waals surface area contributed by atoms with Gasteiger partial charge in [0.05, 0.1) is 0 Å². The molecule has 0 spiro atoms. The predicted octanol–water partition coefficient (Wildman–Crippen LogP) is 1.32. The molecule has 1 aromatic rings. The first-order valence-corrected chi connectivity index (χ1v) is 6.94. The number of carbonyl (C=O) groups is 2. The van der Waals surface area contributed by atoms with Gasteiger partial charge in [0.2, 0.25) is 5.91 Å². The minimum absolute atomic E-state index is 0.187. The lowest BCUT2D eigenvalue weighted by Crippen LogP contribution is -2.36. The number of amides is 1. The van der Waals surface area contributed by atoms with Gasteiger partial charge in [-0.25, -0.2) is 4.79 Å². The van der Waals surface area contributed by atoms with Gasteiger partial charge in [0.25, 0.3) is 0 Å². The third kappa shape index (κ3) is 4.06. The summed E-state index contributed by atoms with van der Waals surface area (Å²) in [6.45, 7) is 1.86. The van der Waals surface area contributed by atoms with Crippen LogP contribution in [0.1, 0.15) is 30.9 Å². The van der Waals surface area contributed by atoms with Crippen LogP contribution in [0.4, 0.5) is 0 Å². The number of piperidine rings is 1. The van der Waals surface area contributed by atoms with E-state index < -0.39 is 12.0 Å². The number of aliphatic carboxylic acids is 1. The molecule has 1 atom stereocenters. The van der Waals surface area contributed by atoms with E-state index in [0.717, 1.165) is 25.9 Å². The van der Waals surface area contributed by atoms with Crippen LogP contribution >= 0.6 is 0 Å². The summed E-state index contributed by atoms with van der Waals surface area (Å²) in [5.41, 5.74) is 0.596. The molecule has 1 heterocycles. The van der Waals surface area contributed by atoms with Gasteiger partial charge in [-0.3, -0.25) is 4.79 Å². The zero-order valence-corrected chi connectivity index (χ0v) is 11.3. The van der Waals surface area contributed by atoms with Crippen molar-refractivity contribution >= 4 is 11.9 Å². The van der Waals surface area contributed by atoms with Crippen LogP contribution in [0.5, 0.6) is 0 Å². The highest BCUT2D eigenvalue weighted by molar-refractivity contribution is 5.84. The Morgan fingerprint density at radius 2 is 1.90 bits per heavy atom. The van der Waals surface area contributed by atoms with Gasteiger partial charge < -0.3 is 15.7 Å². The number of carbonyl (C=O) groups excluding carboxylic acids is 1. The van der Waals surface area contributed by atoms with Crippen LogP contribution in [0.15, 0.2) is 30.3 Å². The quantitative estimate of drug-likeness (QED) is 0.758. The molecule has 0 radical (unpaired) electrons. The lowest BCUT2D eigenvalue weighted by molar-refractivity contribution is -0.142. The average Bonchev–Trinajstić information content (AvgIpc) is 2.46. The molecule has 5 nitrogen and oxygen atoms in total. The average molecular weight is 276 g/mol. The zero-order valence-electron chi connectivity index (χ0n) is 11.3. The molecule has 3 N–H and O–H groups in total. The van der Waals surface area contributed by atoms with Crippen LogP contribution in [0.3, 0.4) is 0 Å². The normalized spacial score (nSPS) is 17.4. The molecule has 1 aliphatic heterocycles. The topological polar surface area (TPSA) is 78.4 Å². The van der Waals surface area contributed by atoms with Gasteiger partial charge in [0.1, 0.15) is 0 Å². The predicted molar refractivity (Wildman–Crippen MR) is 75.2 cm³/mol. The Morgan fingerprint density at radius 3 is 2.50 bits per heavy atom. The molecular weight excluding hydrogens is 256 g/mol. The van der Waals surface area contributed by atoms with Crippen LogP contribution in [-0.4, -0.2) is 30.1 Å². The van der Waals surface area contributed by atoms with Gasteiger partial charge in [0, 0.05) is 6.42 Å². The first-order valence-electron chi connectivity index (χ1n) is 6.94. The summed E-state index contributed by atoms with van der Waals surface area (Å²) in [6.07, 6.45) is 2.34. The summed E-state index contributed by atoms with van der Waals surface area (Å²) in [7, 11) is 0. The molecule has 0 aromatic heterocycles. The van der Waals surface area contributed by atoms with Gasteiger partial charge in [-0.1, -0.05) is 30.3 Å². The molecule has 0 aliphatic carbocycles. The molecule has 1 saturated heterocycles. The van der Waals surface area contributed by atoms with Crippen molar-refractivity contribution in [1.29, 1.82) is 0 Å². The smallest absolute Gasteiger partial charge is 0.330 e. The van der Waals surface area contributed by atoms with E-state index in [4.69, 9.17) is 0 Å². The SMILES string of the molecule is O=C(CC1CCNCC1)NC(C(=O)O)c1ccccc1. The van der Waals surface area contributed by atoms with E-state index in [2.05, 4.69) is 10.6 Å². The number of hydrogen-bond donors (Lipinski definition) is 3. The molecular formula is C15H20N2O3. The van der Waals surface area contributed by atoms with Crippen molar-refractivity contribution in [2.45, 2.75) is 25.3 Å². The lowest BCUT2D eigenvalue weighted by Gasteiger charge is -2.23. The summed E-state index contributed by atoms with van der Waals surface area (Å²) in [5.74, 6) is -0.871. The highest BCUT2D eigenvalue weighted by Gasteiger charge is 2.24. The summed E-state index contributed by atoms with van der Waals surface area (Å²) >= 11 is 0. The number of rotatable bonds is 5. The zero-order chi connectivity index (χ0) is 14.4. The number of benzene rings is 1. The number of carboxylic acids is 1. The maximum absolute atomic E-state index is 12.0. The first-order chi connectivity index (χ1) is 9.66. The Balaban J connectivity index is 1.94. The van der Waals surface area contributed by atoms with Gasteiger partial charge in [0.15, 0.2) is 6.04 Å². The van der Waals surface area contributed by atoms with Gasteiger partial charge >= 0.3 is 5.97 Å². The number of nitrogens with one attached hydrogen (secondary N) is 2. The van der Waals surface area contributed by atoms with Gasteiger partial charge in [-0.2, -0.15) is 0 Å². The van der Waals surface area contributed by atoms with E-state index in [1.807, 2.05) is 6.07 Å². The van der Waals surface area contributed by atoms with Crippen molar-refractivity contribution < 1.29 is 14.7 Å². The summed E-state index contributed by atoms with van der Waals surface area (Å²) in [5, 5.41) is 15.1. The Labute approximate surface area is 118 Å². The number of carboxylic acid groups (broad SMARTS) is 1. The molecule has 5 heteroatoms. The summed E-state index contributed by atoms with van der Waals surface area (Å²) in [4.78, 5) is 23.3. The van der Waals surface area contributed by atoms with Crippen molar-refractivity contribution in [3.8, 4) is 0 Å². The monoisotopic (exact) mass is 276 g/mol. The first kappa shape index (κ1) is 14.5. The van der Waals surface area contributed by atoms with E-state index in [9.17, 15) is 14.7 Å². The Kier molecular flexibility index (Phi) is 5.12. The van der Waals surface area contributed by atoms with Crippen molar-refractivity contribution in [2.24, 2.45) is 5.92 Å². The largest absolute Gasteiger partial charge is 0.479 e. The van der Waals surface area contributed by atoms with E-state index in [-0.39, 0.29) is 5.91 Å². The molecule has 20 heavy (non-hydrogen) atoms. The fourth-order valence-electron chi connectivity index (χ4n) is 2.50. The Bertz CT molecular complexity index is 455. The van der Waals surface area contributed by atoms with Crippen LogP contribution in [-0.2, 0) is 9.59 Å². The van der Waals surface area contributed by atoms with E-state index in [1.165, 1.54) is 0 Å². The molecule has 1 unspecified atom stereocenters. The maximum atomic E-state index is 12.0. The third-order valence-electron chi connectivity index (χ3n) is 3.62. The second kappa shape index (κ2) is 7.05. The van der Waals surface area contributed by atoms with E-state index in [0.29, 0.717) is 17.9 Å². The van der Waals surface area contributed by atoms with Crippen molar-refractivity contribution in [3.05, 3.63) is 35.9 Å². The second-order valence-electron chi connectivity index (χ2n) is 5.15. The molecule has 1 aromatic carbocycles.